The molecule has 32 heavy (non-hydrogen) atoms. The van der Waals surface area contributed by atoms with Crippen LogP contribution < -0.4 is 14.4 Å². The van der Waals surface area contributed by atoms with E-state index in [9.17, 15) is 13.2 Å². The van der Waals surface area contributed by atoms with Crippen molar-refractivity contribution in [3.8, 4) is 5.75 Å². The fraction of sp³-hybridized carbons (Fsp3) is 0.0800. The molecule has 0 aliphatic heterocycles. The number of anilines is 2. The van der Waals surface area contributed by atoms with Gasteiger partial charge in [-0.05, 0) is 53.2 Å². The van der Waals surface area contributed by atoms with Gasteiger partial charge in [0.15, 0.2) is 6.61 Å². The molecule has 0 bridgehead atoms. The van der Waals surface area contributed by atoms with E-state index in [0.717, 1.165) is 10.8 Å². The summed E-state index contributed by atoms with van der Waals surface area (Å²) in [5, 5.41) is 4.80. The Morgan fingerprint density at radius 2 is 1.56 bits per heavy atom. The maximum Gasteiger partial charge on any atom is 0.264 e. The van der Waals surface area contributed by atoms with Gasteiger partial charge in [0.2, 0.25) is 0 Å². The summed E-state index contributed by atoms with van der Waals surface area (Å²) in [5.74, 6) is 0.198. The zero-order valence-corrected chi connectivity index (χ0v) is 18.2. The average molecular weight is 447 g/mol. The van der Waals surface area contributed by atoms with Crippen LogP contribution in [0.4, 0.5) is 11.4 Å². The standard InChI is InChI=1S/C25H22N2O4S/c1-27(22-11-3-2-4-12-22)32(29,30)24-13-7-10-21(17-24)26-25(28)18-31-23-15-14-19-8-5-6-9-20(19)16-23/h2-17H,18H2,1H3,(H,26,28). The zero-order chi connectivity index (χ0) is 22.6. The molecule has 4 rings (SSSR count). The summed E-state index contributed by atoms with van der Waals surface area (Å²) in [6.07, 6.45) is 0. The van der Waals surface area contributed by atoms with E-state index in [0.29, 0.717) is 17.1 Å². The fourth-order valence-electron chi connectivity index (χ4n) is 3.27. The van der Waals surface area contributed by atoms with E-state index < -0.39 is 10.0 Å². The molecule has 162 valence electrons. The van der Waals surface area contributed by atoms with E-state index in [1.54, 1.807) is 36.4 Å². The first-order chi connectivity index (χ1) is 15.4. The molecule has 0 spiro atoms. The molecule has 0 aliphatic rings. The van der Waals surface area contributed by atoms with Crippen molar-refractivity contribution in [2.24, 2.45) is 0 Å². The van der Waals surface area contributed by atoms with Crippen molar-refractivity contribution < 1.29 is 17.9 Å². The first kappa shape index (κ1) is 21.4. The van der Waals surface area contributed by atoms with Crippen molar-refractivity contribution in [1.29, 1.82) is 0 Å². The lowest BCUT2D eigenvalue weighted by Crippen LogP contribution is -2.26. The molecule has 7 heteroatoms. The first-order valence-corrected chi connectivity index (χ1v) is 11.4. The molecular weight excluding hydrogens is 424 g/mol. The van der Waals surface area contributed by atoms with Crippen LogP contribution in [0.3, 0.4) is 0 Å². The van der Waals surface area contributed by atoms with Crippen LogP contribution in [0.5, 0.6) is 5.75 Å². The van der Waals surface area contributed by atoms with E-state index >= 15 is 0 Å². The van der Waals surface area contributed by atoms with Gasteiger partial charge in [-0.1, -0.05) is 54.6 Å². The van der Waals surface area contributed by atoms with Gasteiger partial charge < -0.3 is 10.1 Å². The monoisotopic (exact) mass is 446 g/mol. The highest BCUT2D eigenvalue weighted by atomic mass is 32.2. The average Bonchev–Trinajstić information content (AvgIpc) is 2.83. The molecule has 4 aromatic rings. The van der Waals surface area contributed by atoms with E-state index in [1.165, 1.54) is 23.5 Å². The summed E-state index contributed by atoms with van der Waals surface area (Å²) < 4.78 is 32.8. The second-order valence-corrected chi connectivity index (χ2v) is 9.15. The quantitative estimate of drug-likeness (QED) is 0.447. The van der Waals surface area contributed by atoms with E-state index in [2.05, 4.69) is 5.32 Å². The maximum atomic E-state index is 13.0. The molecule has 0 atom stereocenters. The number of fused-ring (bicyclic) bond motifs is 1. The number of hydrogen-bond acceptors (Lipinski definition) is 4. The zero-order valence-electron chi connectivity index (χ0n) is 17.4. The summed E-state index contributed by atoms with van der Waals surface area (Å²) in [6, 6.07) is 28.4. The Morgan fingerprint density at radius 3 is 2.34 bits per heavy atom. The van der Waals surface area contributed by atoms with Gasteiger partial charge in [-0.25, -0.2) is 8.42 Å². The highest BCUT2D eigenvalue weighted by molar-refractivity contribution is 7.92. The Labute approximate surface area is 187 Å². The SMILES string of the molecule is CN(c1ccccc1)S(=O)(=O)c1cccc(NC(=O)COc2ccc3ccccc3c2)c1. The molecule has 6 nitrogen and oxygen atoms in total. The summed E-state index contributed by atoms with van der Waals surface area (Å²) in [4.78, 5) is 12.5. The number of ether oxygens (including phenoxy) is 1. The Kier molecular flexibility index (Phi) is 6.09. The van der Waals surface area contributed by atoms with Gasteiger partial charge >= 0.3 is 0 Å². The van der Waals surface area contributed by atoms with Gasteiger partial charge in [0, 0.05) is 12.7 Å². The molecule has 0 heterocycles. The summed E-state index contributed by atoms with van der Waals surface area (Å²) in [6.45, 7) is -0.195. The predicted octanol–water partition coefficient (Wildman–Crippen LogP) is 4.68. The number of amides is 1. The van der Waals surface area contributed by atoms with Crippen LogP contribution >= 0.6 is 0 Å². The molecule has 0 aromatic heterocycles. The van der Waals surface area contributed by atoms with Gasteiger partial charge in [-0.15, -0.1) is 0 Å². The molecule has 0 saturated carbocycles. The highest BCUT2D eigenvalue weighted by Gasteiger charge is 2.21. The molecule has 0 saturated heterocycles. The molecule has 1 N–H and O–H groups in total. The van der Waals surface area contributed by atoms with Gasteiger partial charge in [-0.3, -0.25) is 9.10 Å². The van der Waals surface area contributed by atoms with Crippen LogP contribution in [-0.4, -0.2) is 28.0 Å². The van der Waals surface area contributed by atoms with Gasteiger partial charge in [0.25, 0.3) is 15.9 Å². The van der Waals surface area contributed by atoms with Gasteiger partial charge in [0.1, 0.15) is 5.75 Å². The molecule has 0 unspecified atom stereocenters. The summed E-state index contributed by atoms with van der Waals surface area (Å²) in [5.41, 5.74) is 0.922. The third-order valence-corrected chi connectivity index (χ3v) is 6.77. The van der Waals surface area contributed by atoms with E-state index in [1.807, 2.05) is 48.5 Å². The number of nitrogens with one attached hydrogen (secondary N) is 1. The van der Waals surface area contributed by atoms with Crippen LogP contribution in [0.25, 0.3) is 10.8 Å². The number of rotatable bonds is 7. The molecule has 0 radical (unpaired) electrons. The molecule has 0 aliphatic carbocycles. The summed E-state index contributed by atoms with van der Waals surface area (Å²) >= 11 is 0. The van der Waals surface area contributed by atoms with Crippen LogP contribution in [0.1, 0.15) is 0 Å². The molecule has 0 fully saturated rings. The number of carbonyl (C=O) groups is 1. The molecule has 4 aromatic carbocycles. The van der Waals surface area contributed by atoms with Gasteiger partial charge in [-0.2, -0.15) is 0 Å². The Bertz CT molecular complexity index is 1350. The molecular formula is C25H22N2O4S. The van der Waals surface area contributed by atoms with Crippen LogP contribution in [0.15, 0.2) is 102 Å². The van der Waals surface area contributed by atoms with Gasteiger partial charge in [0.05, 0.1) is 10.6 Å². The second-order valence-electron chi connectivity index (χ2n) is 7.18. The predicted molar refractivity (Wildman–Crippen MR) is 127 cm³/mol. The minimum absolute atomic E-state index is 0.0806. The number of benzene rings is 4. The normalized spacial score (nSPS) is 11.2. The van der Waals surface area contributed by atoms with Crippen LogP contribution in [0.2, 0.25) is 0 Å². The lowest BCUT2D eigenvalue weighted by molar-refractivity contribution is -0.118. The third kappa shape index (κ3) is 4.73. The number of para-hydroxylation sites is 1. The highest BCUT2D eigenvalue weighted by Crippen LogP contribution is 2.24. The Hall–Kier alpha value is -3.84. The van der Waals surface area contributed by atoms with Crippen LogP contribution in [-0.2, 0) is 14.8 Å². The fourth-order valence-corrected chi connectivity index (χ4v) is 4.51. The third-order valence-electron chi connectivity index (χ3n) is 4.99. The van der Waals surface area contributed by atoms with Crippen LogP contribution in [0, 0.1) is 0 Å². The Balaban J connectivity index is 1.43. The lowest BCUT2D eigenvalue weighted by Gasteiger charge is -2.20. The largest absolute Gasteiger partial charge is 0.484 e. The summed E-state index contributed by atoms with van der Waals surface area (Å²) in [7, 11) is -2.28. The topological polar surface area (TPSA) is 75.7 Å². The first-order valence-electron chi connectivity index (χ1n) is 9.99. The van der Waals surface area contributed by atoms with Crippen molar-refractivity contribution in [2.45, 2.75) is 4.90 Å². The number of hydrogen-bond donors (Lipinski definition) is 1. The van der Waals surface area contributed by atoms with E-state index in [4.69, 9.17) is 4.74 Å². The smallest absolute Gasteiger partial charge is 0.264 e. The van der Waals surface area contributed by atoms with Crippen molar-refractivity contribution in [1.82, 2.24) is 0 Å². The van der Waals surface area contributed by atoms with E-state index in [-0.39, 0.29) is 17.4 Å². The Morgan fingerprint density at radius 1 is 0.844 bits per heavy atom. The van der Waals surface area contributed by atoms with Crippen molar-refractivity contribution in [3.05, 3.63) is 97.1 Å². The van der Waals surface area contributed by atoms with Crippen molar-refractivity contribution >= 4 is 38.1 Å². The maximum absolute atomic E-state index is 13.0. The minimum Gasteiger partial charge on any atom is -0.484 e. The number of sulfonamides is 1. The lowest BCUT2D eigenvalue weighted by atomic mass is 10.1. The minimum atomic E-state index is -3.78. The molecule has 1 amide bonds. The second kappa shape index (κ2) is 9.11. The van der Waals surface area contributed by atoms with Crippen molar-refractivity contribution in [3.63, 3.8) is 0 Å². The number of carbonyl (C=O) groups excluding carboxylic acids is 1. The van der Waals surface area contributed by atoms with Crippen molar-refractivity contribution in [2.75, 3.05) is 23.3 Å². The number of nitrogens with zero attached hydrogens (tertiary/aromatic N) is 1.